The molecule has 1 aliphatic heterocycles. The van der Waals surface area contributed by atoms with Gasteiger partial charge >= 0.3 is 0 Å². The molecule has 1 atom stereocenters. The van der Waals surface area contributed by atoms with E-state index in [0.717, 1.165) is 11.3 Å². The number of rotatable bonds is 3. The zero-order valence-corrected chi connectivity index (χ0v) is 11.6. The number of hydrogen-bond donors (Lipinski definition) is 1. The molecule has 108 valence electrons. The number of nitrogens with zero attached hydrogens (tertiary/aromatic N) is 1. The van der Waals surface area contributed by atoms with Crippen molar-refractivity contribution in [2.24, 2.45) is 0 Å². The van der Waals surface area contributed by atoms with Crippen LogP contribution in [-0.2, 0) is 4.79 Å². The van der Waals surface area contributed by atoms with Gasteiger partial charge in [0.2, 0.25) is 5.91 Å². The van der Waals surface area contributed by atoms with Crippen molar-refractivity contribution in [3.63, 3.8) is 0 Å². The summed E-state index contributed by atoms with van der Waals surface area (Å²) in [5.74, 6) is 0.619. The van der Waals surface area contributed by atoms with Gasteiger partial charge in [0.15, 0.2) is 0 Å². The Labute approximate surface area is 123 Å². The molecule has 1 unspecified atom stereocenters. The summed E-state index contributed by atoms with van der Waals surface area (Å²) in [5, 5.41) is 10.2. The van der Waals surface area contributed by atoms with Crippen LogP contribution in [-0.4, -0.2) is 24.2 Å². The van der Waals surface area contributed by atoms with Gasteiger partial charge < -0.3 is 14.7 Å². The molecule has 21 heavy (non-hydrogen) atoms. The number of benzene rings is 2. The first-order chi connectivity index (χ1) is 10.3. The number of aliphatic hydroxyl groups is 1. The Bertz CT molecular complexity index is 627. The first-order valence-electron chi connectivity index (χ1n) is 7.01. The standard InChI is InChI=1S/C17H17NO3/c19-15(13-6-2-1-3-7-13)12-17(20)18-10-11-21-16-9-5-4-8-14(16)18/h1-9,15,19H,10-12H2. The molecule has 2 aromatic rings. The highest BCUT2D eigenvalue weighted by Crippen LogP contribution is 2.32. The molecule has 0 aromatic heterocycles. The average Bonchev–Trinajstić information content (AvgIpc) is 2.55. The molecule has 1 amide bonds. The zero-order chi connectivity index (χ0) is 14.7. The summed E-state index contributed by atoms with van der Waals surface area (Å²) in [6, 6.07) is 16.7. The third kappa shape index (κ3) is 2.90. The summed E-state index contributed by atoms with van der Waals surface area (Å²) in [4.78, 5) is 14.1. The first kappa shape index (κ1) is 13.6. The van der Waals surface area contributed by atoms with Gasteiger partial charge in [-0.25, -0.2) is 0 Å². The van der Waals surface area contributed by atoms with Crippen LogP contribution in [0.25, 0.3) is 0 Å². The molecule has 2 aromatic carbocycles. The molecular weight excluding hydrogens is 266 g/mol. The minimum absolute atomic E-state index is 0.0678. The van der Waals surface area contributed by atoms with E-state index >= 15 is 0 Å². The van der Waals surface area contributed by atoms with Crippen LogP contribution in [0.1, 0.15) is 18.1 Å². The lowest BCUT2D eigenvalue weighted by Gasteiger charge is -2.30. The number of anilines is 1. The molecule has 4 heteroatoms. The van der Waals surface area contributed by atoms with E-state index in [4.69, 9.17) is 4.74 Å². The summed E-state index contributed by atoms with van der Waals surface area (Å²) < 4.78 is 5.54. The van der Waals surface area contributed by atoms with E-state index in [-0.39, 0.29) is 12.3 Å². The van der Waals surface area contributed by atoms with Crippen LogP contribution in [0.5, 0.6) is 5.75 Å². The Morgan fingerprint density at radius 2 is 1.86 bits per heavy atom. The van der Waals surface area contributed by atoms with Gasteiger partial charge in [-0.15, -0.1) is 0 Å². The minimum Gasteiger partial charge on any atom is -0.490 e. The second kappa shape index (κ2) is 5.97. The number of ether oxygens (including phenoxy) is 1. The van der Waals surface area contributed by atoms with Crippen molar-refractivity contribution in [2.75, 3.05) is 18.1 Å². The molecular formula is C17H17NO3. The molecule has 0 radical (unpaired) electrons. The van der Waals surface area contributed by atoms with Crippen molar-refractivity contribution in [3.8, 4) is 5.75 Å². The van der Waals surface area contributed by atoms with Crippen LogP contribution >= 0.6 is 0 Å². The fourth-order valence-electron chi connectivity index (χ4n) is 2.50. The van der Waals surface area contributed by atoms with E-state index in [1.165, 1.54) is 0 Å². The minimum atomic E-state index is -0.784. The van der Waals surface area contributed by atoms with Crippen LogP contribution < -0.4 is 9.64 Å². The lowest BCUT2D eigenvalue weighted by molar-refractivity contribution is -0.120. The van der Waals surface area contributed by atoms with Gasteiger partial charge in [-0.3, -0.25) is 4.79 Å². The summed E-state index contributed by atoms with van der Waals surface area (Å²) in [7, 11) is 0. The lowest BCUT2D eigenvalue weighted by atomic mass is 10.1. The summed E-state index contributed by atoms with van der Waals surface area (Å²) in [6.07, 6.45) is -0.716. The number of hydrogen-bond acceptors (Lipinski definition) is 3. The zero-order valence-electron chi connectivity index (χ0n) is 11.6. The molecule has 0 fully saturated rings. The van der Waals surface area contributed by atoms with Crippen LogP contribution in [0.15, 0.2) is 54.6 Å². The second-order valence-corrected chi connectivity index (χ2v) is 4.99. The number of para-hydroxylation sites is 2. The van der Waals surface area contributed by atoms with E-state index in [1.807, 2.05) is 54.6 Å². The maximum absolute atomic E-state index is 12.5. The lowest BCUT2D eigenvalue weighted by Crippen LogP contribution is -2.38. The van der Waals surface area contributed by atoms with Crippen LogP contribution in [0.4, 0.5) is 5.69 Å². The normalized spacial score (nSPS) is 15.0. The fraction of sp³-hybridized carbons (Fsp3) is 0.235. The van der Waals surface area contributed by atoms with Crippen molar-refractivity contribution in [1.29, 1.82) is 0 Å². The second-order valence-electron chi connectivity index (χ2n) is 4.99. The molecule has 1 heterocycles. The van der Waals surface area contributed by atoms with Crippen molar-refractivity contribution in [1.82, 2.24) is 0 Å². The summed E-state index contributed by atoms with van der Waals surface area (Å²) in [5.41, 5.74) is 1.53. The van der Waals surface area contributed by atoms with Gasteiger partial charge in [-0.05, 0) is 17.7 Å². The highest BCUT2D eigenvalue weighted by atomic mass is 16.5. The van der Waals surface area contributed by atoms with E-state index in [1.54, 1.807) is 4.90 Å². The topological polar surface area (TPSA) is 49.8 Å². The van der Waals surface area contributed by atoms with Crippen molar-refractivity contribution in [3.05, 3.63) is 60.2 Å². The maximum atomic E-state index is 12.5. The Hall–Kier alpha value is -2.33. The SMILES string of the molecule is O=C(CC(O)c1ccccc1)N1CCOc2ccccc21. The van der Waals surface area contributed by atoms with Gasteiger partial charge in [0.1, 0.15) is 12.4 Å². The van der Waals surface area contributed by atoms with E-state index in [2.05, 4.69) is 0 Å². The number of fused-ring (bicyclic) bond motifs is 1. The van der Waals surface area contributed by atoms with E-state index < -0.39 is 6.10 Å². The predicted molar refractivity (Wildman–Crippen MR) is 80.3 cm³/mol. The largest absolute Gasteiger partial charge is 0.490 e. The van der Waals surface area contributed by atoms with Crippen LogP contribution in [0, 0.1) is 0 Å². The predicted octanol–water partition coefficient (Wildman–Crippen LogP) is 2.54. The Kier molecular flexibility index (Phi) is 3.88. The quantitative estimate of drug-likeness (QED) is 0.941. The average molecular weight is 283 g/mol. The maximum Gasteiger partial charge on any atom is 0.230 e. The Balaban J connectivity index is 1.75. The van der Waals surface area contributed by atoms with Crippen molar-refractivity contribution >= 4 is 11.6 Å². The molecule has 0 aliphatic carbocycles. The molecule has 0 saturated carbocycles. The number of amides is 1. The third-order valence-electron chi connectivity index (χ3n) is 3.58. The number of aliphatic hydroxyl groups excluding tert-OH is 1. The number of carbonyl (C=O) groups is 1. The van der Waals surface area contributed by atoms with Crippen LogP contribution in [0.3, 0.4) is 0 Å². The van der Waals surface area contributed by atoms with Gasteiger partial charge in [0.25, 0.3) is 0 Å². The summed E-state index contributed by atoms with van der Waals surface area (Å²) in [6.45, 7) is 0.988. The molecule has 1 aliphatic rings. The Morgan fingerprint density at radius 3 is 2.67 bits per heavy atom. The van der Waals surface area contributed by atoms with Gasteiger partial charge in [0.05, 0.1) is 24.8 Å². The molecule has 4 nitrogen and oxygen atoms in total. The fourth-order valence-corrected chi connectivity index (χ4v) is 2.50. The van der Waals surface area contributed by atoms with Gasteiger partial charge in [-0.1, -0.05) is 42.5 Å². The van der Waals surface area contributed by atoms with Crippen molar-refractivity contribution < 1.29 is 14.6 Å². The molecule has 0 spiro atoms. The smallest absolute Gasteiger partial charge is 0.230 e. The molecule has 0 saturated heterocycles. The van der Waals surface area contributed by atoms with E-state index in [9.17, 15) is 9.90 Å². The van der Waals surface area contributed by atoms with E-state index in [0.29, 0.717) is 18.9 Å². The highest BCUT2D eigenvalue weighted by Gasteiger charge is 2.25. The molecule has 1 N–H and O–H groups in total. The monoisotopic (exact) mass is 283 g/mol. The van der Waals surface area contributed by atoms with Crippen molar-refractivity contribution in [2.45, 2.75) is 12.5 Å². The highest BCUT2D eigenvalue weighted by molar-refractivity contribution is 5.95. The first-order valence-corrected chi connectivity index (χ1v) is 7.01. The van der Waals surface area contributed by atoms with Crippen LogP contribution in [0.2, 0.25) is 0 Å². The summed E-state index contributed by atoms with van der Waals surface area (Å²) >= 11 is 0. The Morgan fingerprint density at radius 1 is 1.14 bits per heavy atom. The van der Waals surface area contributed by atoms with Gasteiger partial charge in [0, 0.05) is 0 Å². The number of carbonyl (C=O) groups excluding carboxylic acids is 1. The molecule has 3 rings (SSSR count). The third-order valence-corrected chi connectivity index (χ3v) is 3.58. The molecule has 0 bridgehead atoms. The van der Waals surface area contributed by atoms with Gasteiger partial charge in [-0.2, -0.15) is 0 Å².